The summed E-state index contributed by atoms with van der Waals surface area (Å²) in [4.78, 5) is 12.6. The molecule has 3 aromatic carbocycles. The van der Waals surface area contributed by atoms with Gasteiger partial charge in [-0.15, -0.1) is 0 Å². The number of hydrogen-bond donors (Lipinski definition) is 0. The minimum atomic E-state index is -3.83. The van der Waals surface area contributed by atoms with Gasteiger partial charge in [0.1, 0.15) is 0 Å². The van der Waals surface area contributed by atoms with Gasteiger partial charge in [-0.2, -0.15) is 0 Å². The molecule has 0 saturated heterocycles. The third-order valence-corrected chi connectivity index (χ3v) is 7.48. The zero-order chi connectivity index (χ0) is 24.3. The molecule has 1 atom stereocenters. The number of fused-ring (bicyclic) bond motifs is 1. The van der Waals surface area contributed by atoms with Crippen molar-refractivity contribution in [3.05, 3.63) is 113 Å². The lowest BCUT2D eigenvalue weighted by molar-refractivity contribution is -0.138. The molecule has 34 heavy (non-hydrogen) atoms. The summed E-state index contributed by atoms with van der Waals surface area (Å²) in [7, 11) is -3.83. The second-order valence-corrected chi connectivity index (χ2v) is 9.99. The molecule has 0 aliphatic carbocycles. The quantitative estimate of drug-likeness (QED) is 0.250. The molecule has 0 radical (unpaired) electrons. The fourth-order valence-corrected chi connectivity index (χ4v) is 5.41. The Morgan fingerprint density at radius 1 is 0.971 bits per heavy atom. The van der Waals surface area contributed by atoms with Crippen molar-refractivity contribution in [1.82, 2.24) is 3.97 Å². The Balaban J connectivity index is 1.94. The molecule has 4 aromatic rings. The molecule has 0 aliphatic heterocycles. The van der Waals surface area contributed by atoms with Crippen molar-refractivity contribution in [2.24, 2.45) is 0 Å². The number of nitrogens with zero attached hydrogens (tertiary/aromatic N) is 1. The SMILES string of the molecule is CCOC(=O)/C(C)=C/C(c1ccccc1)c1cn(S(=O)(=O)c2ccc(C)cc2)c2ccccc12. The van der Waals surface area contributed by atoms with Gasteiger partial charge in [-0.1, -0.05) is 72.3 Å². The lowest BCUT2D eigenvalue weighted by Gasteiger charge is -2.15. The fraction of sp³-hybridized carbons (Fsp3) is 0.179. The van der Waals surface area contributed by atoms with Gasteiger partial charge in [-0.25, -0.2) is 17.2 Å². The van der Waals surface area contributed by atoms with E-state index in [9.17, 15) is 13.2 Å². The number of para-hydroxylation sites is 1. The minimum absolute atomic E-state index is 0.222. The summed E-state index contributed by atoms with van der Waals surface area (Å²) in [6, 6.07) is 24.0. The average molecular weight is 474 g/mol. The molecule has 5 nitrogen and oxygen atoms in total. The Morgan fingerprint density at radius 3 is 2.29 bits per heavy atom. The fourth-order valence-electron chi connectivity index (χ4n) is 4.03. The second kappa shape index (κ2) is 9.69. The molecule has 0 aliphatic rings. The van der Waals surface area contributed by atoms with Crippen LogP contribution >= 0.6 is 0 Å². The number of hydrogen-bond acceptors (Lipinski definition) is 4. The summed E-state index contributed by atoms with van der Waals surface area (Å²) in [5.41, 5.74) is 3.78. The van der Waals surface area contributed by atoms with Gasteiger partial charge < -0.3 is 4.74 Å². The van der Waals surface area contributed by atoms with Gasteiger partial charge in [0.2, 0.25) is 0 Å². The number of aryl methyl sites for hydroxylation is 1. The Bertz CT molecular complexity index is 1450. The van der Waals surface area contributed by atoms with Crippen molar-refractivity contribution < 1.29 is 17.9 Å². The van der Waals surface area contributed by atoms with Crippen LogP contribution in [-0.2, 0) is 19.6 Å². The maximum absolute atomic E-state index is 13.6. The predicted molar refractivity (Wildman–Crippen MR) is 134 cm³/mol. The molecule has 0 N–H and O–H groups in total. The summed E-state index contributed by atoms with van der Waals surface area (Å²) >= 11 is 0. The standard InChI is InChI=1S/C28H27NO4S/c1-4-33-28(30)21(3)18-25(22-10-6-5-7-11-22)26-19-29(27-13-9-8-12-24(26)27)34(31,32)23-16-14-20(2)15-17-23/h5-19,25H,4H2,1-3H3/b21-18+. The predicted octanol–water partition coefficient (Wildman–Crippen LogP) is 5.83. The molecule has 0 saturated carbocycles. The van der Waals surface area contributed by atoms with Crippen LogP contribution < -0.4 is 0 Å². The van der Waals surface area contributed by atoms with Gasteiger partial charge in [0, 0.05) is 23.1 Å². The molecule has 0 fully saturated rings. The van der Waals surface area contributed by atoms with Gasteiger partial charge in [0.25, 0.3) is 10.0 Å². The molecule has 0 bridgehead atoms. The third kappa shape index (κ3) is 4.54. The summed E-state index contributed by atoms with van der Waals surface area (Å²) < 4.78 is 33.8. The maximum Gasteiger partial charge on any atom is 0.333 e. The van der Waals surface area contributed by atoms with Crippen LogP contribution in [0, 0.1) is 6.92 Å². The zero-order valence-electron chi connectivity index (χ0n) is 19.4. The first kappa shape index (κ1) is 23.5. The van der Waals surface area contributed by atoms with Crippen LogP contribution in [0.2, 0.25) is 0 Å². The van der Waals surface area contributed by atoms with E-state index < -0.39 is 10.0 Å². The molecule has 174 valence electrons. The number of benzene rings is 3. The lowest BCUT2D eigenvalue weighted by Crippen LogP contribution is -2.12. The van der Waals surface area contributed by atoms with Crippen molar-refractivity contribution in [3.63, 3.8) is 0 Å². The summed E-state index contributed by atoms with van der Waals surface area (Å²) in [5, 5.41) is 0.806. The van der Waals surface area contributed by atoms with E-state index in [1.165, 1.54) is 3.97 Å². The van der Waals surface area contributed by atoms with E-state index in [2.05, 4.69) is 0 Å². The van der Waals surface area contributed by atoms with E-state index in [1.807, 2.05) is 61.5 Å². The molecule has 6 heteroatoms. The Morgan fingerprint density at radius 2 is 1.62 bits per heavy atom. The maximum atomic E-state index is 13.6. The first-order chi connectivity index (χ1) is 16.3. The van der Waals surface area contributed by atoms with E-state index in [0.29, 0.717) is 11.1 Å². The third-order valence-electron chi connectivity index (χ3n) is 5.79. The van der Waals surface area contributed by atoms with Crippen LogP contribution in [0.15, 0.2) is 102 Å². The normalized spacial score (nSPS) is 13.1. The minimum Gasteiger partial charge on any atom is -0.463 e. The van der Waals surface area contributed by atoms with Gasteiger partial charge in [0.15, 0.2) is 0 Å². The second-order valence-electron chi connectivity index (χ2n) is 8.17. The highest BCUT2D eigenvalue weighted by atomic mass is 32.2. The highest BCUT2D eigenvalue weighted by Crippen LogP contribution is 2.36. The average Bonchev–Trinajstić information content (AvgIpc) is 3.24. The Labute approximate surface area is 200 Å². The highest BCUT2D eigenvalue weighted by molar-refractivity contribution is 7.90. The molecule has 4 rings (SSSR count). The van der Waals surface area contributed by atoms with Gasteiger partial charge >= 0.3 is 5.97 Å². The highest BCUT2D eigenvalue weighted by Gasteiger charge is 2.25. The van der Waals surface area contributed by atoms with Crippen molar-refractivity contribution in [1.29, 1.82) is 0 Å². The van der Waals surface area contributed by atoms with Crippen molar-refractivity contribution in [2.45, 2.75) is 31.6 Å². The van der Waals surface area contributed by atoms with Crippen molar-refractivity contribution >= 4 is 26.9 Å². The molecule has 1 unspecified atom stereocenters. The Kier molecular flexibility index (Phi) is 6.70. The zero-order valence-corrected chi connectivity index (χ0v) is 20.2. The van der Waals surface area contributed by atoms with Crippen LogP contribution in [-0.4, -0.2) is 25.0 Å². The number of ether oxygens (including phenoxy) is 1. The first-order valence-corrected chi connectivity index (χ1v) is 12.6. The first-order valence-electron chi connectivity index (χ1n) is 11.2. The smallest absolute Gasteiger partial charge is 0.333 e. The largest absolute Gasteiger partial charge is 0.463 e. The van der Waals surface area contributed by atoms with E-state index >= 15 is 0 Å². The Hall–Kier alpha value is -3.64. The molecular formula is C28H27NO4S. The molecule has 0 spiro atoms. The van der Waals surface area contributed by atoms with Crippen LogP contribution in [0.4, 0.5) is 0 Å². The number of carbonyl (C=O) groups is 1. The number of esters is 1. The van der Waals surface area contributed by atoms with Crippen LogP contribution in [0.3, 0.4) is 0 Å². The number of rotatable bonds is 7. The van der Waals surface area contributed by atoms with Gasteiger partial charge in [-0.3, -0.25) is 0 Å². The van der Waals surface area contributed by atoms with Crippen LogP contribution in [0.25, 0.3) is 10.9 Å². The van der Waals surface area contributed by atoms with E-state index in [0.717, 1.165) is 22.1 Å². The summed E-state index contributed by atoms with van der Waals surface area (Å²) in [6.07, 6.45) is 3.52. The molecule has 0 amide bonds. The van der Waals surface area contributed by atoms with Crippen LogP contribution in [0.1, 0.15) is 36.5 Å². The molecule has 1 aromatic heterocycles. The molecule has 1 heterocycles. The molecular weight excluding hydrogens is 446 g/mol. The van der Waals surface area contributed by atoms with Gasteiger partial charge in [0.05, 0.1) is 17.0 Å². The number of carbonyl (C=O) groups excluding carboxylic acids is 1. The topological polar surface area (TPSA) is 65.4 Å². The lowest BCUT2D eigenvalue weighted by atomic mass is 9.89. The monoisotopic (exact) mass is 473 g/mol. The van der Waals surface area contributed by atoms with E-state index in [4.69, 9.17) is 4.74 Å². The number of allylic oxidation sites excluding steroid dienone is 1. The van der Waals surface area contributed by atoms with Crippen molar-refractivity contribution in [3.8, 4) is 0 Å². The van der Waals surface area contributed by atoms with Crippen LogP contribution in [0.5, 0.6) is 0 Å². The van der Waals surface area contributed by atoms with E-state index in [-0.39, 0.29) is 23.4 Å². The van der Waals surface area contributed by atoms with E-state index in [1.54, 1.807) is 50.4 Å². The van der Waals surface area contributed by atoms with Gasteiger partial charge in [-0.05, 0) is 50.1 Å². The van der Waals surface area contributed by atoms with Crippen molar-refractivity contribution in [2.75, 3.05) is 6.61 Å². The summed E-state index contributed by atoms with van der Waals surface area (Å²) in [6.45, 7) is 5.69. The number of aromatic nitrogens is 1. The summed E-state index contributed by atoms with van der Waals surface area (Å²) in [5.74, 6) is -0.732.